The SMILES string of the molecule is Nc1ccc(Cl)nc1NC1CCCS(=O)(=O)C1. The van der Waals surface area contributed by atoms with E-state index in [1.807, 2.05) is 0 Å². The normalized spacial score (nSPS) is 23.2. The molecule has 2 heterocycles. The average molecular weight is 276 g/mol. The van der Waals surface area contributed by atoms with Crippen molar-refractivity contribution in [2.45, 2.75) is 18.9 Å². The third-order valence-electron chi connectivity index (χ3n) is 2.70. The minimum Gasteiger partial charge on any atom is -0.396 e. The number of aromatic nitrogens is 1. The Morgan fingerprint density at radius 3 is 2.94 bits per heavy atom. The Morgan fingerprint density at radius 2 is 2.24 bits per heavy atom. The highest BCUT2D eigenvalue weighted by molar-refractivity contribution is 7.91. The summed E-state index contributed by atoms with van der Waals surface area (Å²) in [5.41, 5.74) is 6.21. The van der Waals surface area contributed by atoms with Crippen molar-refractivity contribution in [3.05, 3.63) is 17.3 Å². The maximum absolute atomic E-state index is 11.5. The Bertz CT molecular complexity index is 518. The number of nitrogens with one attached hydrogen (secondary N) is 1. The minimum atomic E-state index is -2.94. The molecule has 1 aliphatic heterocycles. The number of nitrogen functional groups attached to an aromatic ring is 1. The van der Waals surface area contributed by atoms with E-state index in [2.05, 4.69) is 10.3 Å². The zero-order valence-corrected chi connectivity index (χ0v) is 10.8. The first-order valence-corrected chi connectivity index (χ1v) is 7.55. The van der Waals surface area contributed by atoms with Gasteiger partial charge in [-0.15, -0.1) is 0 Å². The molecule has 0 bridgehead atoms. The number of rotatable bonds is 2. The van der Waals surface area contributed by atoms with E-state index in [0.29, 0.717) is 23.1 Å². The fourth-order valence-electron chi connectivity index (χ4n) is 1.89. The Hall–Kier alpha value is -1.01. The summed E-state index contributed by atoms with van der Waals surface area (Å²) in [6.07, 6.45) is 1.47. The van der Waals surface area contributed by atoms with Crippen molar-refractivity contribution >= 4 is 32.9 Å². The van der Waals surface area contributed by atoms with Crippen molar-refractivity contribution in [3.8, 4) is 0 Å². The number of nitrogens with zero attached hydrogens (tertiary/aromatic N) is 1. The fourth-order valence-corrected chi connectivity index (χ4v) is 3.68. The molecule has 5 nitrogen and oxygen atoms in total. The summed E-state index contributed by atoms with van der Waals surface area (Å²) >= 11 is 5.77. The largest absolute Gasteiger partial charge is 0.396 e. The summed E-state index contributed by atoms with van der Waals surface area (Å²) in [5.74, 6) is 0.851. The van der Waals surface area contributed by atoms with Gasteiger partial charge in [-0.05, 0) is 25.0 Å². The number of halogens is 1. The molecule has 94 valence electrons. The third-order valence-corrected chi connectivity index (χ3v) is 4.73. The quantitative estimate of drug-likeness (QED) is 0.795. The molecule has 1 aromatic heterocycles. The summed E-state index contributed by atoms with van der Waals surface area (Å²) in [6, 6.07) is 3.11. The van der Waals surface area contributed by atoms with Gasteiger partial charge in [0.15, 0.2) is 15.7 Å². The maximum atomic E-state index is 11.5. The standard InChI is InChI=1S/C10H14ClN3O2S/c11-9-4-3-8(12)10(14-9)13-7-2-1-5-17(15,16)6-7/h3-4,7H,1-2,5-6,12H2,(H,13,14). The van der Waals surface area contributed by atoms with Crippen molar-refractivity contribution in [3.63, 3.8) is 0 Å². The predicted octanol–water partition coefficient (Wildman–Crippen LogP) is 1.31. The van der Waals surface area contributed by atoms with Crippen LogP contribution < -0.4 is 11.1 Å². The van der Waals surface area contributed by atoms with Gasteiger partial charge in [0, 0.05) is 6.04 Å². The number of hydrogen-bond donors (Lipinski definition) is 2. The molecule has 1 aromatic rings. The van der Waals surface area contributed by atoms with Crippen molar-refractivity contribution < 1.29 is 8.42 Å². The fraction of sp³-hybridized carbons (Fsp3) is 0.500. The molecule has 0 saturated carbocycles. The number of anilines is 2. The van der Waals surface area contributed by atoms with Gasteiger partial charge in [-0.3, -0.25) is 0 Å². The zero-order chi connectivity index (χ0) is 12.5. The molecule has 7 heteroatoms. The van der Waals surface area contributed by atoms with Crippen LogP contribution >= 0.6 is 11.6 Å². The second-order valence-electron chi connectivity index (χ2n) is 4.17. The molecule has 1 fully saturated rings. The zero-order valence-electron chi connectivity index (χ0n) is 9.19. The van der Waals surface area contributed by atoms with Crippen LogP contribution in [-0.4, -0.2) is 30.9 Å². The number of hydrogen-bond acceptors (Lipinski definition) is 5. The van der Waals surface area contributed by atoms with Gasteiger partial charge in [-0.1, -0.05) is 11.6 Å². The number of pyridine rings is 1. The molecule has 1 aliphatic rings. The van der Waals surface area contributed by atoms with Crippen LogP contribution in [0.15, 0.2) is 12.1 Å². The van der Waals surface area contributed by atoms with E-state index in [9.17, 15) is 8.42 Å². The predicted molar refractivity (Wildman–Crippen MR) is 69.0 cm³/mol. The summed E-state index contributed by atoms with van der Waals surface area (Å²) in [5, 5.41) is 3.38. The van der Waals surface area contributed by atoms with Crippen LogP contribution in [0.1, 0.15) is 12.8 Å². The van der Waals surface area contributed by atoms with Crippen molar-refractivity contribution in [1.29, 1.82) is 0 Å². The van der Waals surface area contributed by atoms with Gasteiger partial charge < -0.3 is 11.1 Å². The second kappa shape index (κ2) is 4.70. The Balaban J connectivity index is 2.13. The second-order valence-corrected chi connectivity index (χ2v) is 6.79. The highest BCUT2D eigenvalue weighted by atomic mass is 35.5. The first-order valence-electron chi connectivity index (χ1n) is 5.35. The Kier molecular flexibility index (Phi) is 3.44. The first kappa shape index (κ1) is 12.4. The molecule has 0 aromatic carbocycles. The summed E-state index contributed by atoms with van der Waals surface area (Å²) in [7, 11) is -2.94. The smallest absolute Gasteiger partial charge is 0.152 e. The van der Waals surface area contributed by atoms with Gasteiger partial charge in [-0.2, -0.15) is 0 Å². The molecule has 1 atom stereocenters. The molecule has 3 N–H and O–H groups in total. The van der Waals surface area contributed by atoms with E-state index in [0.717, 1.165) is 6.42 Å². The van der Waals surface area contributed by atoms with Gasteiger partial charge in [0.05, 0.1) is 17.2 Å². The third kappa shape index (κ3) is 3.23. The highest BCUT2D eigenvalue weighted by Gasteiger charge is 2.25. The molecule has 0 aliphatic carbocycles. The summed E-state index contributed by atoms with van der Waals surface area (Å²) < 4.78 is 23.0. The van der Waals surface area contributed by atoms with Crippen LogP contribution in [-0.2, 0) is 9.84 Å². The molecule has 0 amide bonds. The van der Waals surface area contributed by atoms with E-state index in [1.165, 1.54) is 0 Å². The minimum absolute atomic E-state index is 0.126. The summed E-state index contributed by atoms with van der Waals surface area (Å²) in [6.45, 7) is 0. The number of nitrogens with two attached hydrogens (primary N) is 1. The highest BCUT2D eigenvalue weighted by Crippen LogP contribution is 2.22. The molecular formula is C10H14ClN3O2S. The van der Waals surface area contributed by atoms with Crippen molar-refractivity contribution in [2.75, 3.05) is 22.6 Å². The molecule has 1 unspecified atom stereocenters. The number of sulfone groups is 1. The maximum Gasteiger partial charge on any atom is 0.152 e. The lowest BCUT2D eigenvalue weighted by atomic mass is 10.2. The molecule has 0 radical (unpaired) electrons. The van der Waals surface area contributed by atoms with E-state index in [1.54, 1.807) is 12.1 Å². The first-order chi connectivity index (χ1) is 7.96. The van der Waals surface area contributed by atoms with Gasteiger partial charge in [0.1, 0.15) is 5.15 Å². The van der Waals surface area contributed by atoms with Gasteiger partial charge in [-0.25, -0.2) is 13.4 Å². The van der Waals surface area contributed by atoms with Crippen molar-refractivity contribution in [1.82, 2.24) is 4.98 Å². The van der Waals surface area contributed by atoms with Crippen LogP contribution in [0, 0.1) is 0 Å². The van der Waals surface area contributed by atoms with Gasteiger partial charge in [0.2, 0.25) is 0 Å². The molecule has 17 heavy (non-hydrogen) atoms. The molecule has 1 saturated heterocycles. The summed E-state index contributed by atoms with van der Waals surface area (Å²) in [4.78, 5) is 4.05. The van der Waals surface area contributed by atoms with Crippen LogP contribution in [0.25, 0.3) is 0 Å². The van der Waals surface area contributed by atoms with E-state index in [-0.39, 0.29) is 17.5 Å². The Morgan fingerprint density at radius 1 is 1.47 bits per heavy atom. The lowest BCUT2D eigenvalue weighted by molar-refractivity contribution is 0.561. The topological polar surface area (TPSA) is 85.1 Å². The van der Waals surface area contributed by atoms with Crippen LogP contribution in [0.2, 0.25) is 5.15 Å². The molecule has 2 rings (SSSR count). The lowest BCUT2D eigenvalue weighted by Crippen LogP contribution is -2.35. The molecular weight excluding hydrogens is 262 g/mol. The van der Waals surface area contributed by atoms with Crippen LogP contribution in [0.4, 0.5) is 11.5 Å². The van der Waals surface area contributed by atoms with Crippen LogP contribution in [0.3, 0.4) is 0 Å². The van der Waals surface area contributed by atoms with Crippen LogP contribution in [0.5, 0.6) is 0 Å². The Labute approximate surface area is 105 Å². The van der Waals surface area contributed by atoms with E-state index < -0.39 is 9.84 Å². The van der Waals surface area contributed by atoms with E-state index in [4.69, 9.17) is 17.3 Å². The lowest BCUT2D eigenvalue weighted by Gasteiger charge is -2.24. The van der Waals surface area contributed by atoms with Crippen molar-refractivity contribution in [2.24, 2.45) is 0 Å². The van der Waals surface area contributed by atoms with E-state index >= 15 is 0 Å². The van der Waals surface area contributed by atoms with Gasteiger partial charge >= 0.3 is 0 Å². The monoisotopic (exact) mass is 275 g/mol. The molecule has 0 spiro atoms. The van der Waals surface area contributed by atoms with Gasteiger partial charge in [0.25, 0.3) is 0 Å². The average Bonchev–Trinajstić information content (AvgIpc) is 2.22.